The van der Waals surface area contributed by atoms with Crippen LogP contribution < -0.4 is 10.1 Å². The number of rotatable bonds is 6. The average Bonchev–Trinajstić information content (AvgIpc) is 2.48. The monoisotopic (exact) mass is 326 g/mol. The van der Waals surface area contributed by atoms with Crippen LogP contribution in [0.5, 0.6) is 6.01 Å². The van der Waals surface area contributed by atoms with Crippen molar-refractivity contribution < 1.29 is 4.74 Å². The van der Waals surface area contributed by atoms with Crippen LogP contribution in [-0.2, 0) is 0 Å². The van der Waals surface area contributed by atoms with Gasteiger partial charge >= 0.3 is 6.01 Å². The van der Waals surface area contributed by atoms with E-state index in [4.69, 9.17) is 27.9 Å². The molecule has 0 bridgehead atoms. The predicted octanol–water partition coefficient (Wildman–Crippen LogP) is 4.07. The van der Waals surface area contributed by atoms with Gasteiger partial charge in [0.1, 0.15) is 0 Å². The number of nitrogens with one attached hydrogen (secondary N) is 1. The number of aromatic nitrogens is 3. The molecule has 0 spiro atoms. The van der Waals surface area contributed by atoms with Crippen LogP contribution in [0.3, 0.4) is 0 Å². The first-order valence-electron chi connectivity index (χ1n) is 6.72. The minimum absolute atomic E-state index is 0.261. The highest BCUT2D eigenvalue weighted by Crippen LogP contribution is 2.29. The normalized spacial score (nSPS) is 10.5. The second kappa shape index (κ2) is 7.43. The summed E-state index contributed by atoms with van der Waals surface area (Å²) in [6.07, 6.45) is 0.961. The highest BCUT2D eigenvalue weighted by molar-refractivity contribution is 6.35. The average molecular weight is 327 g/mol. The molecule has 1 aromatic heterocycles. The van der Waals surface area contributed by atoms with E-state index in [-0.39, 0.29) is 6.01 Å². The van der Waals surface area contributed by atoms with Gasteiger partial charge in [0, 0.05) is 17.1 Å². The molecule has 0 aliphatic heterocycles. The summed E-state index contributed by atoms with van der Waals surface area (Å²) in [5, 5.41) is 4.21. The van der Waals surface area contributed by atoms with Gasteiger partial charge in [-0.3, -0.25) is 0 Å². The SMILES string of the molecule is CCCNc1nc(OCC)nc(-c2cc(Cl)ccc2Cl)n1. The van der Waals surface area contributed by atoms with Crippen LogP contribution in [0.4, 0.5) is 5.95 Å². The van der Waals surface area contributed by atoms with E-state index in [1.54, 1.807) is 18.2 Å². The molecule has 112 valence electrons. The van der Waals surface area contributed by atoms with Gasteiger partial charge in [0.05, 0.1) is 11.6 Å². The Bertz CT molecular complexity index is 622. The summed E-state index contributed by atoms with van der Waals surface area (Å²) in [6, 6.07) is 5.41. The zero-order valence-electron chi connectivity index (χ0n) is 11.9. The first-order chi connectivity index (χ1) is 10.1. The zero-order valence-corrected chi connectivity index (χ0v) is 13.4. The number of hydrogen-bond donors (Lipinski definition) is 1. The van der Waals surface area contributed by atoms with Crippen LogP contribution in [0.15, 0.2) is 18.2 Å². The lowest BCUT2D eigenvalue weighted by Gasteiger charge is -2.09. The summed E-state index contributed by atoms with van der Waals surface area (Å²) >= 11 is 12.2. The van der Waals surface area contributed by atoms with Crippen LogP contribution in [-0.4, -0.2) is 28.1 Å². The molecule has 0 saturated heterocycles. The molecule has 0 unspecified atom stereocenters. The molecule has 0 amide bonds. The molecular weight excluding hydrogens is 311 g/mol. The predicted molar refractivity (Wildman–Crippen MR) is 85.2 cm³/mol. The third-order valence-electron chi connectivity index (χ3n) is 2.59. The minimum atomic E-state index is 0.261. The number of benzene rings is 1. The lowest BCUT2D eigenvalue weighted by molar-refractivity contribution is 0.312. The number of hydrogen-bond acceptors (Lipinski definition) is 5. The second-order valence-electron chi connectivity index (χ2n) is 4.25. The molecule has 1 heterocycles. The van der Waals surface area contributed by atoms with E-state index < -0.39 is 0 Å². The van der Waals surface area contributed by atoms with Gasteiger partial charge in [-0.25, -0.2) is 0 Å². The van der Waals surface area contributed by atoms with Crippen molar-refractivity contribution in [1.29, 1.82) is 0 Å². The van der Waals surface area contributed by atoms with Crippen molar-refractivity contribution in [2.24, 2.45) is 0 Å². The van der Waals surface area contributed by atoms with Crippen molar-refractivity contribution >= 4 is 29.2 Å². The lowest BCUT2D eigenvalue weighted by Crippen LogP contribution is -2.08. The molecule has 0 fully saturated rings. The largest absolute Gasteiger partial charge is 0.464 e. The molecule has 1 N–H and O–H groups in total. The number of ether oxygens (including phenoxy) is 1. The summed E-state index contributed by atoms with van der Waals surface area (Å²) < 4.78 is 5.38. The Morgan fingerprint density at radius 1 is 1.14 bits per heavy atom. The fourth-order valence-electron chi connectivity index (χ4n) is 1.66. The molecule has 2 rings (SSSR count). The van der Waals surface area contributed by atoms with Crippen molar-refractivity contribution in [3.8, 4) is 17.4 Å². The van der Waals surface area contributed by atoms with E-state index in [1.165, 1.54) is 0 Å². The summed E-state index contributed by atoms with van der Waals surface area (Å²) in [7, 11) is 0. The Morgan fingerprint density at radius 2 is 1.95 bits per heavy atom. The fourth-order valence-corrected chi connectivity index (χ4v) is 2.03. The van der Waals surface area contributed by atoms with Crippen LogP contribution in [0.2, 0.25) is 10.0 Å². The maximum Gasteiger partial charge on any atom is 0.321 e. The summed E-state index contributed by atoms with van der Waals surface area (Å²) in [6.45, 7) is 5.17. The molecule has 0 saturated carbocycles. The van der Waals surface area contributed by atoms with Crippen molar-refractivity contribution in [3.63, 3.8) is 0 Å². The summed E-state index contributed by atoms with van der Waals surface area (Å²) in [4.78, 5) is 12.9. The summed E-state index contributed by atoms with van der Waals surface area (Å²) in [5.41, 5.74) is 0.645. The number of halogens is 2. The molecule has 0 aliphatic carbocycles. The van der Waals surface area contributed by atoms with Crippen LogP contribution in [0, 0.1) is 0 Å². The highest BCUT2D eigenvalue weighted by Gasteiger charge is 2.12. The van der Waals surface area contributed by atoms with E-state index >= 15 is 0 Å². The molecule has 2 aromatic rings. The van der Waals surface area contributed by atoms with Crippen LogP contribution in [0.1, 0.15) is 20.3 Å². The van der Waals surface area contributed by atoms with E-state index in [0.29, 0.717) is 34.0 Å². The Labute approximate surface area is 133 Å². The first-order valence-corrected chi connectivity index (χ1v) is 7.47. The number of anilines is 1. The maximum atomic E-state index is 6.20. The van der Waals surface area contributed by atoms with Crippen molar-refractivity contribution in [3.05, 3.63) is 28.2 Å². The van der Waals surface area contributed by atoms with Gasteiger partial charge in [-0.15, -0.1) is 0 Å². The number of nitrogens with zero attached hydrogens (tertiary/aromatic N) is 3. The second-order valence-corrected chi connectivity index (χ2v) is 5.09. The van der Waals surface area contributed by atoms with Gasteiger partial charge < -0.3 is 10.1 Å². The van der Waals surface area contributed by atoms with E-state index in [0.717, 1.165) is 13.0 Å². The quantitative estimate of drug-likeness (QED) is 0.867. The van der Waals surface area contributed by atoms with Gasteiger partial charge in [0.2, 0.25) is 5.95 Å². The van der Waals surface area contributed by atoms with Crippen molar-refractivity contribution in [2.75, 3.05) is 18.5 Å². The third kappa shape index (κ3) is 4.19. The van der Waals surface area contributed by atoms with Gasteiger partial charge in [0.25, 0.3) is 0 Å². The molecule has 0 radical (unpaired) electrons. The van der Waals surface area contributed by atoms with E-state index in [2.05, 4.69) is 27.2 Å². The lowest BCUT2D eigenvalue weighted by atomic mass is 10.2. The fraction of sp³-hybridized carbons (Fsp3) is 0.357. The molecule has 7 heteroatoms. The van der Waals surface area contributed by atoms with E-state index in [1.807, 2.05) is 6.92 Å². The Kier molecular flexibility index (Phi) is 5.59. The first kappa shape index (κ1) is 15.8. The van der Waals surface area contributed by atoms with Gasteiger partial charge in [0.15, 0.2) is 5.82 Å². The van der Waals surface area contributed by atoms with Crippen LogP contribution >= 0.6 is 23.2 Å². The third-order valence-corrected chi connectivity index (χ3v) is 3.16. The standard InChI is InChI=1S/C14H16Cl2N4O/c1-3-7-17-13-18-12(19-14(20-13)21-4-2)10-8-9(15)5-6-11(10)16/h5-6,8H,3-4,7H2,1-2H3,(H,17,18,19,20). The Morgan fingerprint density at radius 3 is 2.67 bits per heavy atom. The topological polar surface area (TPSA) is 59.9 Å². The molecule has 5 nitrogen and oxygen atoms in total. The van der Waals surface area contributed by atoms with Gasteiger partial charge in [-0.1, -0.05) is 30.1 Å². The Hall–Kier alpha value is -1.59. The van der Waals surface area contributed by atoms with E-state index in [9.17, 15) is 0 Å². The maximum absolute atomic E-state index is 6.20. The van der Waals surface area contributed by atoms with Crippen LogP contribution in [0.25, 0.3) is 11.4 Å². The van der Waals surface area contributed by atoms with Crippen molar-refractivity contribution in [1.82, 2.24) is 15.0 Å². The molecule has 0 aliphatic rings. The molecule has 21 heavy (non-hydrogen) atoms. The molecule has 1 aromatic carbocycles. The molecule has 0 atom stereocenters. The van der Waals surface area contributed by atoms with Gasteiger partial charge in [-0.05, 0) is 31.5 Å². The van der Waals surface area contributed by atoms with Crippen molar-refractivity contribution in [2.45, 2.75) is 20.3 Å². The zero-order chi connectivity index (χ0) is 15.2. The summed E-state index contributed by atoms with van der Waals surface area (Å²) in [5.74, 6) is 0.890. The Balaban J connectivity index is 2.45. The van der Waals surface area contributed by atoms with Gasteiger partial charge in [-0.2, -0.15) is 15.0 Å². The molecular formula is C14H16Cl2N4O. The minimum Gasteiger partial charge on any atom is -0.464 e. The smallest absolute Gasteiger partial charge is 0.321 e. The highest BCUT2D eigenvalue weighted by atomic mass is 35.5.